The van der Waals surface area contributed by atoms with Gasteiger partial charge in [-0.05, 0) is 52.9 Å². The fourth-order valence-electron chi connectivity index (χ4n) is 2.50. The molecule has 0 unspecified atom stereocenters. The largest absolute Gasteiger partial charge is 0.371 e. The fourth-order valence-corrected chi connectivity index (χ4v) is 3.12. The fraction of sp³-hybridized carbons (Fsp3) is 0.429. The van der Waals surface area contributed by atoms with Gasteiger partial charge < -0.3 is 10.6 Å². The van der Waals surface area contributed by atoms with Crippen LogP contribution in [0.2, 0.25) is 0 Å². The number of hydrogen-bond acceptors (Lipinski definition) is 3. The van der Waals surface area contributed by atoms with Crippen molar-refractivity contribution < 1.29 is 4.79 Å². The summed E-state index contributed by atoms with van der Waals surface area (Å²) < 4.78 is 0.944. The zero-order valence-electron chi connectivity index (χ0n) is 10.6. The van der Waals surface area contributed by atoms with Crippen molar-refractivity contribution in [1.82, 2.24) is 0 Å². The first-order valence-electron chi connectivity index (χ1n) is 6.33. The molecular formula is C14H16BrN3O. The summed E-state index contributed by atoms with van der Waals surface area (Å²) in [5.41, 5.74) is 6.99. The number of hydrogen-bond donors (Lipinski definition) is 1. The van der Waals surface area contributed by atoms with Crippen molar-refractivity contribution in [3.05, 3.63) is 28.2 Å². The minimum atomic E-state index is -0.210. The first kappa shape index (κ1) is 13.9. The molecular weight excluding hydrogens is 306 g/mol. The van der Waals surface area contributed by atoms with Crippen LogP contribution in [-0.4, -0.2) is 19.0 Å². The van der Waals surface area contributed by atoms with Crippen LogP contribution in [-0.2, 0) is 4.79 Å². The Bertz CT molecular complexity index is 516. The van der Waals surface area contributed by atoms with Crippen molar-refractivity contribution in [3.63, 3.8) is 0 Å². The Morgan fingerprint density at radius 3 is 2.68 bits per heavy atom. The highest BCUT2D eigenvalue weighted by molar-refractivity contribution is 9.10. The highest BCUT2D eigenvalue weighted by Gasteiger charge is 2.21. The monoisotopic (exact) mass is 321 g/mol. The number of halogens is 1. The van der Waals surface area contributed by atoms with Crippen molar-refractivity contribution >= 4 is 27.5 Å². The number of nitrogens with two attached hydrogens (primary N) is 1. The number of anilines is 1. The Kier molecular flexibility index (Phi) is 4.43. The Morgan fingerprint density at radius 2 is 2.16 bits per heavy atom. The minimum absolute atomic E-state index is 0.210. The van der Waals surface area contributed by atoms with E-state index in [0.29, 0.717) is 17.9 Å². The summed E-state index contributed by atoms with van der Waals surface area (Å²) in [7, 11) is 0. The molecule has 100 valence electrons. The van der Waals surface area contributed by atoms with Gasteiger partial charge >= 0.3 is 0 Å². The summed E-state index contributed by atoms with van der Waals surface area (Å²) in [4.78, 5) is 13.2. The Labute approximate surface area is 121 Å². The number of nitriles is 1. The van der Waals surface area contributed by atoms with Crippen molar-refractivity contribution in [2.24, 2.45) is 11.7 Å². The van der Waals surface area contributed by atoms with Crippen LogP contribution in [0, 0.1) is 17.2 Å². The van der Waals surface area contributed by atoms with Crippen LogP contribution >= 0.6 is 15.9 Å². The van der Waals surface area contributed by atoms with E-state index in [1.54, 1.807) is 0 Å². The van der Waals surface area contributed by atoms with Gasteiger partial charge in [0.2, 0.25) is 5.91 Å². The number of piperidine rings is 1. The summed E-state index contributed by atoms with van der Waals surface area (Å²) in [5, 5.41) is 8.85. The van der Waals surface area contributed by atoms with E-state index >= 15 is 0 Å². The van der Waals surface area contributed by atoms with Gasteiger partial charge in [0.05, 0.1) is 17.3 Å². The third-order valence-corrected chi connectivity index (χ3v) is 4.16. The lowest BCUT2D eigenvalue weighted by molar-refractivity contribution is -0.119. The predicted octanol–water partition coefficient (Wildman–Crippen LogP) is 2.41. The Hall–Kier alpha value is -1.54. The summed E-state index contributed by atoms with van der Waals surface area (Å²) >= 11 is 3.51. The van der Waals surface area contributed by atoms with E-state index in [0.717, 1.165) is 36.1 Å². The molecule has 1 aromatic carbocycles. The molecule has 1 fully saturated rings. The molecule has 1 heterocycles. The lowest BCUT2D eigenvalue weighted by atomic mass is 9.93. The minimum Gasteiger partial charge on any atom is -0.371 e. The van der Waals surface area contributed by atoms with Gasteiger partial charge in [0, 0.05) is 24.0 Å². The van der Waals surface area contributed by atoms with Gasteiger partial charge in [-0.1, -0.05) is 0 Å². The van der Waals surface area contributed by atoms with Gasteiger partial charge in [-0.2, -0.15) is 5.26 Å². The molecule has 0 radical (unpaired) electrons. The van der Waals surface area contributed by atoms with E-state index in [4.69, 9.17) is 11.0 Å². The first-order valence-corrected chi connectivity index (χ1v) is 7.12. The maximum absolute atomic E-state index is 10.9. The molecule has 19 heavy (non-hydrogen) atoms. The highest BCUT2D eigenvalue weighted by atomic mass is 79.9. The molecule has 2 N–H and O–H groups in total. The molecule has 0 bridgehead atoms. The average molecular weight is 322 g/mol. The Balaban J connectivity index is 2.02. The van der Waals surface area contributed by atoms with Crippen LogP contribution in [0.4, 0.5) is 5.69 Å². The molecule has 1 aliphatic heterocycles. The highest BCUT2D eigenvalue weighted by Crippen LogP contribution is 2.31. The van der Waals surface area contributed by atoms with Crippen molar-refractivity contribution in [3.8, 4) is 6.07 Å². The number of rotatable bonds is 3. The normalized spacial score (nSPS) is 16.1. The SMILES string of the molecule is N#Cc1ccc(N2CCC(CC(N)=O)CC2)c(Br)c1. The van der Waals surface area contributed by atoms with Crippen molar-refractivity contribution in [1.29, 1.82) is 5.26 Å². The van der Waals surface area contributed by atoms with Crippen LogP contribution in [0.3, 0.4) is 0 Å². The molecule has 1 aromatic rings. The number of nitrogens with zero attached hydrogens (tertiary/aromatic N) is 2. The van der Waals surface area contributed by atoms with E-state index < -0.39 is 0 Å². The molecule has 0 saturated carbocycles. The molecule has 2 rings (SSSR count). The van der Waals surface area contributed by atoms with E-state index in [1.807, 2.05) is 18.2 Å². The smallest absolute Gasteiger partial charge is 0.217 e. The third kappa shape index (κ3) is 3.48. The number of amides is 1. The van der Waals surface area contributed by atoms with E-state index in [2.05, 4.69) is 26.9 Å². The van der Waals surface area contributed by atoms with Crippen LogP contribution in [0.25, 0.3) is 0 Å². The lowest BCUT2D eigenvalue weighted by Crippen LogP contribution is -2.35. The summed E-state index contributed by atoms with van der Waals surface area (Å²) in [6.07, 6.45) is 2.45. The number of carbonyl (C=O) groups is 1. The second kappa shape index (κ2) is 6.07. The van der Waals surface area contributed by atoms with Crippen LogP contribution in [0.15, 0.2) is 22.7 Å². The van der Waals surface area contributed by atoms with E-state index in [9.17, 15) is 4.79 Å². The quantitative estimate of drug-likeness (QED) is 0.929. The summed E-state index contributed by atoms with van der Waals surface area (Å²) in [6.45, 7) is 1.84. The zero-order valence-corrected chi connectivity index (χ0v) is 12.2. The number of benzene rings is 1. The topological polar surface area (TPSA) is 70.1 Å². The van der Waals surface area contributed by atoms with E-state index in [-0.39, 0.29) is 5.91 Å². The van der Waals surface area contributed by atoms with Crippen LogP contribution in [0.1, 0.15) is 24.8 Å². The second-order valence-electron chi connectivity index (χ2n) is 4.88. The average Bonchev–Trinajstić information content (AvgIpc) is 2.39. The van der Waals surface area contributed by atoms with E-state index in [1.165, 1.54) is 0 Å². The maximum atomic E-state index is 10.9. The summed E-state index contributed by atoms with van der Waals surface area (Å²) in [5.74, 6) is 0.198. The van der Waals surface area contributed by atoms with Crippen LogP contribution < -0.4 is 10.6 Å². The first-order chi connectivity index (χ1) is 9.10. The number of primary amides is 1. The van der Waals surface area contributed by atoms with Gasteiger partial charge in [0.25, 0.3) is 0 Å². The lowest BCUT2D eigenvalue weighted by Gasteiger charge is -2.33. The van der Waals surface area contributed by atoms with Crippen molar-refractivity contribution in [2.45, 2.75) is 19.3 Å². The Morgan fingerprint density at radius 1 is 1.47 bits per heavy atom. The van der Waals surface area contributed by atoms with Gasteiger partial charge in [-0.15, -0.1) is 0 Å². The molecule has 0 atom stereocenters. The molecule has 4 nitrogen and oxygen atoms in total. The maximum Gasteiger partial charge on any atom is 0.217 e. The number of carbonyl (C=O) groups excluding carboxylic acids is 1. The molecule has 0 aromatic heterocycles. The molecule has 0 aliphatic carbocycles. The van der Waals surface area contributed by atoms with Gasteiger partial charge in [0.1, 0.15) is 0 Å². The molecule has 1 aliphatic rings. The van der Waals surface area contributed by atoms with Gasteiger partial charge in [-0.25, -0.2) is 0 Å². The molecule has 1 saturated heterocycles. The zero-order chi connectivity index (χ0) is 13.8. The molecule has 1 amide bonds. The predicted molar refractivity (Wildman–Crippen MR) is 77.6 cm³/mol. The summed E-state index contributed by atoms with van der Waals surface area (Å²) in [6, 6.07) is 7.76. The molecule has 0 spiro atoms. The molecule has 5 heteroatoms. The standard InChI is InChI=1S/C14H16BrN3O/c15-12-7-11(9-16)1-2-13(12)18-5-3-10(4-6-18)8-14(17)19/h1-2,7,10H,3-6,8H2,(H2,17,19). The van der Waals surface area contributed by atoms with Crippen LogP contribution in [0.5, 0.6) is 0 Å². The van der Waals surface area contributed by atoms with Gasteiger partial charge in [-0.3, -0.25) is 4.79 Å². The van der Waals surface area contributed by atoms with Gasteiger partial charge in [0.15, 0.2) is 0 Å². The van der Waals surface area contributed by atoms with Crippen molar-refractivity contribution in [2.75, 3.05) is 18.0 Å². The third-order valence-electron chi connectivity index (χ3n) is 3.52. The second-order valence-corrected chi connectivity index (χ2v) is 5.73.